The highest BCUT2D eigenvalue weighted by Gasteiger charge is 2.30. The summed E-state index contributed by atoms with van der Waals surface area (Å²) in [7, 11) is 0. The number of nitrogens with zero attached hydrogens (tertiary/aromatic N) is 4. The summed E-state index contributed by atoms with van der Waals surface area (Å²) in [6.45, 7) is 8.38. The van der Waals surface area contributed by atoms with Crippen LogP contribution in [0.4, 0.5) is 0 Å². The molecule has 0 radical (unpaired) electrons. The summed E-state index contributed by atoms with van der Waals surface area (Å²) in [5, 5.41) is 15.5. The summed E-state index contributed by atoms with van der Waals surface area (Å²) in [6.07, 6.45) is 1.83. The lowest BCUT2D eigenvalue weighted by Gasteiger charge is -2.37. The van der Waals surface area contributed by atoms with Gasteiger partial charge in [0.05, 0.1) is 25.0 Å². The zero-order valence-electron chi connectivity index (χ0n) is 19.1. The van der Waals surface area contributed by atoms with Gasteiger partial charge in [-0.1, -0.05) is 25.1 Å². The zero-order valence-corrected chi connectivity index (χ0v) is 19.1. The minimum Gasteiger partial charge on any atom is -0.486 e. The molecule has 3 heterocycles. The first-order valence-electron chi connectivity index (χ1n) is 11.1. The van der Waals surface area contributed by atoms with E-state index in [0.717, 1.165) is 41.5 Å². The standard InChI is InChI=1S/C24H29N5O4/c1-15(2)23-27-22(33-28-23)14-29-12-19(13-29)32-18-5-7-21(26-11-18)20-6-4-17(10-16(20)3)24(31)25-8-9-30/h4-7,10-11,15,19,30H,8-9,12-14H2,1-3H3,(H,25,31). The van der Waals surface area contributed by atoms with Gasteiger partial charge in [-0.05, 0) is 36.8 Å². The fraction of sp³-hybridized carbons (Fsp3) is 0.417. The molecule has 9 nitrogen and oxygen atoms in total. The number of aliphatic hydroxyl groups excluding tert-OH is 1. The third-order valence-corrected chi connectivity index (χ3v) is 5.48. The van der Waals surface area contributed by atoms with Crippen molar-refractivity contribution in [3.05, 3.63) is 59.4 Å². The molecule has 1 saturated heterocycles. The Hall–Kier alpha value is -3.30. The second-order valence-corrected chi connectivity index (χ2v) is 8.52. The van der Waals surface area contributed by atoms with Crippen LogP contribution in [0.1, 0.15) is 47.4 Å². The lowest BCUT2D eigenvalue weighted by atomic mass is 10.0. The van der Waals surface area contributed by atoms with E-state index in [0.29, 0.717) is 18.0 Å². The van der Waals surface area contributed by atoms with E-state index in [2.05, 4.69) is 25.3 Å². The first-order valence-corrected chi connectivity index (χ1v) is 11.1. The van der Waals surface area contributed by atoms with Crippen LogP contribution in [0.3, 0.4) is 0 Å². The van der Waals surface area contributed by atoms with Crippen LogP contribution in [-0.2, 0) is 6.54 Å². The Bertz CT molecular complexity index is 1090. The van der Waals surface area contributed by atoms with E-state index in [-0.39, 0.29) is 31.1 Å². The van der Waals surface area contributed by atoms with Crippen molar-refractivity contribution in [2.45, 2.75) is 39.3 Å². The monoisotopic (exact) mass is 451 g/mol. The summed E-state index contributed by atoms with van der Waals surface area (Å²) in [4.78, 5) is 23.2. The van der Waals surface area contributed by atoms with Crippen LogP contribution in [0.5, 0.6) is 5.75 Å². The Labute approximate surface area is 192 Å². The zero-order chi connectivity index (χ0) is 23.4. The summed E-state index contributed by atoms with van der Waals surface area (Å²) in [6, 6.07) is 9.31. The Morgan fingerprint density at radius 3 is 2.76 bits per heavy atom. The molecule has 1 aliphatic heterocycles. The van der Waals surface area contributed by atoms with Crippen LogP contribution in [0.2, 0.25) is 0 Å². The molecule has 174 valence electrons. The molecule has 4 rings (SSSR count). The highest BCUT2D eigenvalue weighted by atomic mass is 16.5. The van der Waals surface area contributed by atoms with E-state index in [9.17, 15) is 4.79 Å². The third kappa shape index (κ3) is 5.55. The third-order valence-electron chi connectivity index (χ3n) is 5.48. The van der Waals surface area contributed by atoms with E-state index < -0.39 is 0 Å². The van der Waals surface area contributed by atoms with Crippen LogP contribution in [0.25, 0.3) is 11.3 Å². The maximum absolute atomic E-state index is 12.1. The van der Waals surface area contributed by atoms with E-state index >= 15 is 0 Å². The van der Waals surface area contributed by atoms with Crippen LogP contribution in [-0.4, -0.2) is 63.4 Å². The van der Waals surface area contributed by atoms with E-state index in [1.807, 2.05) is 45.0 Å². The van der Waals surface area contributed by atoms with Crippen molar-refractivity contribution in [2.75, 3.05) is 26.2 Å². The van der Waals surface area contributed by atoms with Gasteiger partial charge in [0.25, 0.3) is 5.91 Å². The number of rotatable bonds is 9. The van der Waals surface area contributed by atoms with Gasteiger partial charge in [0.15, 0.2) is 5.82 Å². The van der Waals surface area contributed by atoms with Crippen molar-refractivity contribution in [3.63, 3.8) is 0 Å². The average Bonchev–Trinajstić information content (AvgIpc) is 3.25. The normalized spacial score (nSPS) is 14.3. The Morgan fingerprint density at radius 1 is 1.30 bits per heavy atom. The fourth-order valence-electron chi connectivity index (χ4n) is 3.65. The summed E-state index contributed by atoms with van der Waals surface area (Å²) >= 11 is 0. The molecular formula is C24H29N5O4. The Balaban J connectivity index is 1.29. The molecule has 1 aromatic carbocycles. The van der Waals surface area contributed by atoms with E-state index in [1.54, 1.807) is 12.3 Å². The molecule has 0 aliphatic carbocycles. The maximum atomic E-state index is 12.1. The molecule has 2 N–H and O–H groups in total. The minimum atomic E-state index is -0.204. The minimum absolute atomic E-state index is 0.0855. The summed E-state index contributed by atoms with van der Waals surface area (Å²) < 4.78 is 11.3. The Kier molecular flexibility index (Phi) is 7.00. The molecule has 33 heavy (non-hydrogen) atoms. The fourth-order valence-corrected chi connectivity index (χ4v) is 3.65. The van der Waals surface area contributed by atoms with E-state index in [4.69, 9.17) is 14.4 Å². The van der Waals surface area contributed by atoms with Crippen molar-refractivity contribution < 1.29 is 19.2 Å². The number of aryl methyl sites for hydroxylation is 1. The molecule has 1 fully saturated rings. The molecule has 0 unspecified atom stereocenters. The molecule has 0 saturated carbocycles. The lowest BCUT2D eigenvalue weighted by molar-refractivity contribution is 0.00844. The van der Waals surface area contributed by atoms with Gasteiger partial charge in [-0.3, -0.25) is 14.7 Å². The second-order valence-electron chi connectivity index (χ2n) is 8.52. The number of carbonyl (C=O) groups is 1. The van der Waals surface area contributed by atoms with Crippen molar-refractivity contribution in [2.24, 2.45) is 0 Å². The molecule has 2 aromatic heterocycles. The molecular weight excluding hydrogens is 422 g/mol. The number of benzene rings is 1. The number of amides is 1. The van der Waals surface area contributed by atoms with Crippen LogP contribution in [0, 0.1) is 6.92 Å². The highest BCUT2D eigenvalue weighted by Crippen LogP contribution is 2.25. The van der Waals surface area contributed by atoms with Crippen LogP contribution < -0.4 is 10.1 Å². The molecule has 0 atom stereocenters. The molecule has 0 bridgehead atoms. The van der Waals surface area contributed by atoms with Gasteiger partial charge >= 0.3 is 0 Å². The second kappa shape index (κ2) is 10.1. The molecule has 3 aromatic rings. The predicted octanol–water partition coefficient (Wildman–Crippen LogP) is 2.55. The van der Waals surface area contributed by atoms with Crippen molar-refractivity contribution in [1.29, 1.82) is 0 Å². The van der Waals surface area contributed by atoms with Crippen LogP contribution in [0.15, 0.2) is 41.1 Å². The molecule has 0 spiro atoms. The van der Waals surface area contributed by atoms with Gasteiger partial charge < -0.3 is 19.7 Å². The largest absolute Gasteiger partial charge is 0.486 e. The summed E-state index contributed by atoms with van der Waals surface area (Å²) in [5.74, 6) is 2.14. The topological polar surface area (TPSA) is 114 Å². The molecule has 1 amide bonds. The van der Waals surface area contributed by atoms with Gasteiger partial charge in [0.2, 0.25) is 5.89 Å². The van der Waals surface area contributed by atoms with Crippen molar-refractivity contribution in [3.8, 4) is 17.0 Å². The van der Waals surface area contributed by atoms with E-state index in [1.165, 1.54) is 0 Å². The number of nitrogens with one attached hydrogen (secondary N) is 1. The highest BCUT2D eigenvalue weighted by molar-refractivity contribution is 5.95. The van der Waals surface area contributed by atoms with Gasteiger partial charge in [0.1, 0.15) is 11.9 Å². The lowest BCUT2D eigenvalue weighted by Crippen LogP contribution is -2.53. The number of aromatic nitrogens is 3. The first-order chi connectivity index (χ1) is 15.9. The maximum Gasteiger partial charge on any atom is 0.251 e. The quantitative estimate of drug-likeness (QED) is 0.510. The smallest absolute Gasteiger partial charge is 0.251 e. The van der Waals surface area contributed by atoms with Crippen LogP contribution >= 0.6 is 0 Å². The van der Waals surface area contributed by atoms with Crippen molar-refractivity contribution in [1.82, 2.24) is 25.3 Å². The number of hydrogen-bond acceptors (Lipinski definition) is 8. The number of aliphatic hydroxyl groups is 1. The predicted molar refractivity (Wildman–Crippen MR) is 122 cm³/mol. The Morgan fingerprint density at radius 2 is 2.12 bits per heavy atom. The number of hydrogen-bond donors (Lipinski definition) is 2. The SMILES string of the molecule is Cc1cc(C(=O)NCCO)ccc1-c1ccc(OC2CN(Cc3nc(C(C)C)no3)C2)cn1. The molecule has 1 aliphatic rings. The summed E-state index contributed by atoms with van der Waals surface area (Å²) in [5.41, 5.74) is 3.27. The van der Waals surface area contributed by atoms with Gasteiger partial charge in [-0.15, -0.1) is 0 Å². The number of carbonyl (C=O) groups excluding carboxylic acids is 1. The number of likely N-dealkylation sites (tertiary alicyclic amines) is 1. The first kappa shape index (κ1) is 22.9. The van der Waals surface area contributed by atoms with Gasteiger partial charge in [-0.25, -0.2) is 0 Å². The molecule has 9 heteroatoms. The average molecular weight is 452 g/mol. The number of pyridine rings is 1. The number of ether oxygens (including phenoxy) is 1. The van der Waals surface area contributed by atoms with Crippen molar-refractivity contribution >= 4 is 5.91 Å². The van der Waals surface area contributed by atoms with Gasteiger partial charge in [0, 0.05) is 36.7 Å². The van der Waals surface area contributed by atoms with Gasteiger partial charge in [-0.2, -0.15) is 4.98 Å².